The molecule has 1 aliphatic heterocycles. The molecule has 28 heavy (non-hydrogen) atoms. The van der Waals surface area contributed by atoms with Gasteiger partial charge in [0.2, 0.25) is 10.0 Å². The molecule has 1 fully saturated rings. The van der Waals surface area contributed by atoms with Gasteiger partial charge in [-0.05, 0) is 18.2 Å². The Morgan fingerprint density at radius 2 is 1.79 bits per heavy atom. The molecular weight excluding hydrogens is 378 g/mol. The average Bonchev–Trinajstić information content (AvgIpc) is 2.72. The second-order valence-electron chi connectivity index (χ2n) is 6.58. The number of sulfonamides is 1. The summed E-state index contributed by atoms with van der Waals surface area (Å²) in [6.07, 6.45) is 6.33. The van der Waals surface area contributed by atoms with Crippen molar-refractivity contribution in [2.75, 3.05) is 49.7 Å². The first kappa shape index (κ1) is 18.5. The maximum atomic E-state index is 11.6. The number of anilines is 2. The second kappa shape index (κ2) is 7.28. The Balaban J connectivity index is 1.57. The lowest BCUT2D eigenvalue weighted by Crippen LogP contribution is -2.48. The van der Waals surface area contributed by atoms with Crippen LogP contribution in [0.1, 0.15) is 0 Å². The Bertz CT molecular complexity index is 1090. The maximum absolute atomic E-state index is 11.6. The molecule has 9 nitrogen and oxygen atoms in total. The van der Waals surface area contributed by atoms with Crippen molar-refractivity contribution in [2.45, 2.75) is 0 Å². The number of rotatable bonds is 4. The largest absolute Gasteiger partial charge is 0.371 e. The summed E-state index contributed by atoms with van der Waals surface area (Å²) in [5, 5.41) is 3.06. The van der Waals surface area contributed by atoms with Crippen molar-refractivity contribution in [1.29, 1.82) is 0 Å². The number of fused-ring (bicyclic) bond motifs is 1. The van der Waals surface area contributed by atoms with E-state index in [0.29, 0.717) is 32.0 Å². The van der Waals surface area contributed by atoms with Crippen LogP contribution in [0.5, 0.6) is 0 Å². The molecule has 1 saturated heterocycles. The molecule has 0 radical (unpaired) electrons. The number of aromatic nitrogens is 4. The number of hydrogen-bond donors (Lipinski definition) is 1. The summed E-state index contributed by atoms with van der Waals surface area (Å²) < 4.78 is 24.8. The zero-order chi connectivity index (χ0) is 19.7. The minimum Gasteiger partial charge on any atom is -0.371 e. The summed E-state index contributed by atoms with van der Waals surface area (Å²) in [5.41, 5.74) is 3.13. The van der Waals surface area contributed by atoms with E-state index in [4.69, 9.17) is 0 Å². The predicted molar refractivity (Wildman–Crippen MR) is 109 cm³/mol. The van der Waals surface area contributed by atoms with Crippen molar-refractivity contribution >= 4 is 32.7 Å². The van der Waals surface area contributed by atoms with E-state index in [9.17, 15) is 8.42 Å². The van der Waals surface area contributed by atoms with E-state index in [1.807, 2.05) is 18.2 Å². The van der Waals surface area contributed by atoms with Crippen molar-refractivity contribution in [3.05, 3.63) is 36.8 Å². The summed E-state index contributed by atoms with van der Waals surface area (Å²) in [7, 11) is -1.33. The third kappa shape index (κ3) is 3.60. The van der Waals surface area contributed by atoms with E-state index in [1.165, 1.54) is 10.6 Å². The molecular formula is C18H21N7O2S. The molecule has 0 aromatic carbocycles. The van der Waals surface area contributed by atoms with Gasteiger partial charge in [-0.25, -0.2) is 23.4 Å². The SMILES string of the molecule is CNc1nc(-c2ccc(N3CCN(S(C)(=O)=O)CC3)nc2)cc2nccnc12. The van der Waals surface area contributed by atoms with Crippen molar-refractivity contribution < 1.29 is 8.42 Å². The van der Waals surface area contributed by atoms with Gasteiger partial charge < -0.3 is 10.2 Å². The fraction of sp³-hybridized carbons (Fsp3) is 0.333. The van der Waals surface area contributed by atoms with E-state index in [1.54, 1.807) is 25.6 Å². The monoisotopic (exact) mass is 399 g/mol. The van der Waals surface area contributed by atoms with Crippen LogP contribution in [-0.4, -0.2) is 72.1 Å². The summed E-state index contributed by atoms with van der Waals surface area (Å²) in [4.78, 5) is 20.0. The number of hydrogen-bond acceptors (Lipinski definition) is 8. The molecule has 0 atom stereocenters. The Labute approximate surface area is 163 Å². The Kier molecular flexibility index (Phi) is 4.82. The first-order chi connectivity index (χ1) is 13.5. The van der Waals surface area contributed by atoms with Gasteiger partial charge in [0, 0.05) is 57.4 Å². The summed E-state index contributed by atoms with van der Waals surface area (Å²) in [6, 6.07) is 5.80. The molecule has 10 heteroatoms. The third-order valence-electron chi connectivity index (χ3n) is 4.77. The molecule has 1 aliphatic rings. The van der Waals surface area contributed by atoms with E-state index in [2.05, 4.69) is 30.2 Å². The zero-order valence-corrected chi connectivity index (χ0v) is 16.5. The highest BCUT2D eigenvalue weighted by Gasteiger charge is 2.24. The number of nitrogens with zero attached hydrogens (tertiary/aromatic N) is 6. The molecule has 0 saturated carbocycles. The van der Waals surface area contributed by atoms with Crippen LogP contribution < -0.4 is 10.2 Å². The lowest BCUT2D eigenvalue weighted by molar-refractivity contribution is 0.387. The zero-order valence-electron chi connectivity index (χ0n) is 15.7. The minimum atomic E-state index is -3.14. The molecule has 0 bridgehead atoms. The van der Waals surface area contributed by atoms with Crippen LogP contribution in [0.15, 0.2) is 36.8 Å². The van der Waals surface area contributed by atoms with Crippen LogP contribution in [0.2, 0.25) is 0 Å². The van der Waals surface area contributed by atoms with Gasteiger partial charge in [0.1, 0.15) is 11.3 Å². The van der Waals surface area contributed by atoms with Crippen LogP contribution in [0, 0.1) is 0 Å². The van der Waals surface area contributed by atoms with Crippen LogP contribution in [0.4, 0.5) is 11.6 Å². The van der Waals surface area contributed by atoms with E-state index in [-0.39, 0.29) is 0 Å². The lowest BCUT2D eigenvalue weighted by atomic mass is 10.1. The molecule has 146 valence electrons. The van der Waals surface area contributed by atoms with Crippen molar-refractivity contribution in [2.24, 2.45) is 0 Å². The van der Waals surface area contributed by atoms with Gasteiger partial charge in [0.15, 0.2) is 5.82 Å². The fourth-order valence-corrected chi connectivity index (χ4v) is 4.09. The van der Waals surface area contributed by atoms with E-state index in [0.717, 1.165) is 28.1 Å². The number of nitrogens with one attached hydrogen (secondary N) is 1. The van der Waals surface area contributed by atoms with Crippen molar-refractivity contribution in [3.8, 4) is 11.3 Å². The molecule has 3 aromatic rings. The standard InChI is InChI=1S/C18H21N7O2S/c1-19-18-17-15(20-5-6-21-17)11-14(23-18)13-3-4-16(22-12-13)24-7-9-25(10-8-24)28(2,26)27/h3-6,11-12H,7-10H2,1-2H3,(H,19,23). The van der Waals surface area contributed by atoms with Crippen LogP contribution in [-0.2, 0) is 10.0 Å². The van der Waals surface area contributed by atoms with Gasteiger partial charge in [0.25, 0.3) is 0 Å². The van der Waals surface area contributed by atoms with Gasteiger partial charge >= 0.3 is 0 Å². The smallest absolute Gasteiger partial charge is 0.211 e. The summed E-state index contributed by atoms with van der Waals surface area (Å²) in [6.45, 7) is 2.18. The van der Waals surface area contributed by atoms with E-state index >= 15 is 0 Å². The molecule has 0 unspecified atom stereocenters. The fourth-order valence-electron chi connectivity index (χ4n) is 3.27. The van der Waals surface area contributed by atoms with Gasteiger partial charge in [0.05, 0.1) is 17.5 Å². The highest BCUT2D eigenvalue weighted by molar-refractivity contribution is 7.88. The molecule has 0 spiro atoms. The second-order valence-corrected chi connectivity index (χ2v) is 8.57. The molecule has 1 N–H and O–H groups in total. The molecule has 4 heterocycles. The summed E-state index contributed by atoms with van der Waals surface area (Å²) in [5.74, 6) is 1.49. The lowest BCUT2D eigenvalue weighted by Gasteiger charge is -2.34. The van der Waals surface area contributed by atoms with Crippen LogP contribution in [0.3, 0.4) is 0 Å². The van der Waals surface area contributed by atoms with Crippen molar-refractivity contribution in [1.82, 2.24) is 24.2 Å². The van der Waals surface area contributed by atoms with Crippen molar-refractivity contribution in [3.63, 3.8) is 0 Å². The minimum absolute atomic E-state index is 0.471. The number of piperazine rings is 1. The van der Waals surface area contributed by atoms with Gasteiger partial charge in [-0.1, -0.05) is 0 Å². The van der Waals surface area contributed by atoms with Crippen LogP contribution in [0.25, 0.3) is 22.3 Å². The van der Waals surface area contributed by atoms with Crippen LogP contribution >= 0.6 is 0 Å². The van der Waals surface area contributed by atoms with Gasteiger partial charge in [-0.15, -0.1) is 0 Å². The average molecular weight is 399 g/mol. The topological polar surface area (TPSA) is 104 Å². The highest BCUT2D eigenvalue weighted by Crippen LogP contribution is 2.26. The molecule has 3 aromatic heterocycles. The van der Waals surface area contributed by atoms with Gasteiger partial charge in [-0.2, -0.15) is 4.31 Å². The normalized spacial score (nSPS) is 15.7. The Morgan fingerprint density at radius 1 is 1.04 bits per heavy atom. The third-order valence-corrected chi connectivity index (χ3v) is 6.07. The molecule has 4 rings (SSSR count). The molecule has 0 aliphatic carbocycles. The maximum Gasteiger partial charge on any atom is 0.211 e. The quantitative estimate of drug-likeness (QED) is 0.698. The highest BCUT2D eigenvalue weighted by atomic mass is 32.2. The Morgan fingerprint density at radius 3 is 2.43 bits per heavy atom. The van der Waals surface area contributed by atoms with E-state index < -0.39 is 10.0 Å². The van der Waals surface area contributed by atoms with Gasteiger partial charge in [-0.3, -0.25) is 4.98 Å². The predicted octanol–water partition coefficient (Wildman–Crippen LogP) is 1.21. The first-order valence-corrected chi connectivity index (χ1v) is 10.8. The first-order valence-electron chi connectivity index (χ1n) is 8.92. The Hall–Kier alpha value is -2.85. The summed E-state index contributed by atoms with van der Waals surface area (Å²) >= 11 is 0. The number of pyridine rings is 2. The molecule has 0 amide bonds.